The minimum Gasteiger partial charge on any atom is -0.465 e. The molecule has 0 spiro atoms. The third-order valence-electron chi connectivity index (χ3n) is 1.80. The van der Waals surface area contributed by atoms with E-state index in [-0.39, 0.29) is 27.8 Å². The molecule has 0 bridgehead atoms. The second kappa shape index (κ2) is 5.93. The van der Waals surface area contributed by atoms with Crippen LogP contribution in [0.2, 0.25) is 10.0 Å². The number of nitrogens with one attached hydrogen (secondary N) is 1. The molecule has 90 valence electrons. The molecule has 0 radical (unpaired) electrons. The van der Waals surface area contributed by atoms with E-state index < -0.39 is 11.9 Å². The zero-order valence-corrected chi connectivity index (χ0v) is 10.5. The number of hydrogen-bond acceptors (Lipinski definition) is 3. The van der Waals surface area contributed by atoms with Gasteiger partial charge in [0, 0.05) is 6.54 Å². The lowest BCUT2D eigenvalue weighted by Crippen LogP contribution is -2.20. The van der Waals surface area contributed by atoms with E-state index in [1.54, 1.807) is 0 Å². The summed E-state index contributed by atoms with van der Waals surface area (Å²) in [6.07, 6.45) is -1.25. The molecule has 0 unspecified atom stereocenters. The maximum absolute atomic E-state index is 13.4. The summed E-state index contributed by atoms with van der Waals surface area (Å²) in [6.45, 7) is -0.164. The molecule has 0 aromatic heterocycles. The molecule has 0 fully saturated rings. The minimum atomic E-state index is -1.25. The first-order chi connectivity index (χ1) is 7.97. The van der Waals surface area contributed by atoms with Crippen molar-refractivity contribution in [2.75, 3.05) is 0 Å². The summed E-state index contributed by atoms with van der Waals surface area (Å²) in [5, 5.41) is 12.3. The summed E-state index contributed by atoms with van der Waals surface area (Å²) < 4.78 is 13.4. The smallest absolute Gasteiger partial charge is 0.404 e. The molecule has 1 aromatic carbocycles. The summed E-state index contributed by atoms with van der Waals surface area (Å²) >= 11 is 15.9. The summed E-state index contributed by atoms with van der Waals surface area (Å²) in [6, 6.07) is 1.03. The Morgan fingerprint density at radius 2 is 2.24 bits per heavy atom. The Hall–Kier alpha value is -1.20. The molecule has 0 aliphatic heterocycles. The van der Waals surface area contributed by atoms with Gasteiger partial charge in [-0.05, 0) is 23.8 Å². The zero-order valence-electron chi connectivity index (χ0n) is 8.13. The minimum absolute atomic E-state index is 0.0301. The van der Waals surface area contributed by atoms with Gasteiger partial charge in [0.25, 0.3) is 0 Å². The number of benzene rings is 1. The molecule has 0 saturated carbocycles. The molecule has 17 heavy (non-hydrogen) atoms. The highest BCUT2D eigenvalue weighted by Gasteiger charge is 2.15. The van der Waals surface area contributed by atoms with Gasteiger partial charge in [-0.1, -0.05) is 23.2 Å². The predicted molar refractivity (Wildman–Crippen MR) is 66.0 cm³/mol. The van der Waals surface area contributed by atoms with Gasteiger partial charge in [-0.3, -0.25) is 0 Å². The predicted octanol–water partition coefficient (Wildman–Crippen LogP) is 3.63. The molecular weight excluding hydrogens is 290 g/mol. The van der Waals surface area contributed by atoms with Gasteiger partial charge in [0.05, 0.1) is 10.2 Å². The Kier molecular flexibility index (Phi) is 4.84. The molecule has 8 heteroatoms. The maximum atomic E-state index is 13.4. The van der Waals surface area contributed by atoms with Crippen molar-refractivity contribution in [3.05, 3.63) is 27.5 Å². The van der Waals surface area contributed by atoms with E-state index in [0.29, 0.717) is 0 Å². The molecule has 0 heterocycles. The van der Waals surface area contributed by atoms with E-state index in [2.05, 4.69) is 22.5 Å². The average Bonchev–Trinajstić information content (AvgIpc) is 2.27. The number of hydrogen-bond donors (Lipinski definition) is 2. The largest absolute Gasteiger partial charge is 0.465 e. The SMILES string of the molecule is O=C(O)NCc1cc(F)c(Cl)c(N=C=S)c1Cl. The van der Waals surface area contributed by atoms with Crippen LogP contribution in [0.3, 0.4) is 0 Å². The Labute approximate surface area is 111 Å². The van der Waals surface area contributed by atoms with Crippen molar-refractivity contribution in [2.45, 2.75) is 6.54 Å². The molecule has 0 atom stereocenters. The van der Waals surface area contributed by atoms with Crippen LogP contribution in [0.1, 0.15) is 5.56 Å². The van der Waals surface area contributed by atoms with Crippen molar-refractivity contribution < 1.29 is 14.3 Å². The highest BCUT2D eigenvalue weighted by atomic mass is 35.5. The van der Waals surface area contributed by atoms with Gasteiger partial charge >= 0.3 is 6.09 Å². The zero-order chi connectivity index (χ0) is 13.0. The van der Waals surface area contributed by atoms with Gasteiger partial charge in [0.2, 0.25) is 0 Å². The molecule has 1 rings (SSSR count). The fraction of sp³-hybridized carbons (Fsp3) is 0.111. The average molecular weight is 295 g/mol. The van der Waals surface area contributed by atoms with Crippen molar-refractivity contribution in [3.8, 4) is 0 Å². The normalized spacial score (nSPS) is 9.59. The third kappa shape index (κ3) is 3.38. The van der Waals surface area contributed by atoms with Crippen LogP contribution in [-0.4, -0.2) is 16.4 Å². The molecule has 0 aliphatic carbocycles. The van der Waals surface area contributed by atoms with Gasteiger partial charge in [-0.2, -0.15) is 4.99 Å². The van der Waals surface area contributed by atoms with Crippen LogP contribution < -0.4 is 5.32 Å². The van der Waals surface area contributed by atoms with Gasteiger partial charge in [-0.15, -0.1) is 0 Å². The van der Waals surface area contributed by atoms with Gasteiger partial charge in [0.15, 0.2) is 0 Å². The van der Waals surface area contributed by atoms with Gasteiger partial charge < -0.3 is 10.4 Å². The topological polar surface area (TPSA) is 61.7 Å². The molecule has 0 aliphatic rings. The molecular formula is C9H5Cl2FN2O2S. The number of carboxylic acid groups (broad SMARTS) is 1. The van der Waals surface area contributed by atoms with Crippen molar-refractivity contribution >= 4 is 52.4 Å². The van der Waals surface area contributed by atoms with Crippen LogP contribution in [-0.2, 0) is 6.54 Å². The number of amides is 1. The summed E-state index contributed by atoms with van der Waals surface area (Å²) in [4.78, 5) is 13.9. The first-order valence-electron chi connectivity index (χ1n) is 4.18. The van der Waals surface area contributed by atoms with Gasteiger partial charge in [0.1, 0.15) is 16.5 Å². The Morgan fingerprint density at radius 1 is 1.59 bits per heavy atom. The van der Waals surface area contributed by atoms with E-state index in [1.807, 2.05) is 5.16 Å². The molecule has 1 amide bonds. The Bertz CT molecular complexity index is 518. The van der Waals surface area contributed by atoms with Crippen LogP contribution in [0, 0.1) is 5.82 Å². The summed E-state index contributed by atoms with van der Waals surface area (Å²) in [5.74, 6) is -0.762. The molecule has 1 aromatic rings. The fourth-order valence-electron chi connectivity index (χ4n) is 1.08. The van der Waals surface area contributed by atoms with Gasteiger partial charge in [-0.25, -0.2) is 9.18 Å². The second-order valence-electron chi connectivity index (χ2n) is 2.86. The first kappa shape index (κ1) is 13.9. The van der Waals surface area contributed by atoms with E-state index in [9.17, 15) is 9.18 Å². The number of halogens is 3. The van der Waals surface area contributed by atoms with E-state index in [4.69, 9.17) is 28.3 Å². The number of rotatable bonds is 3. The maximum Gasteiger partial charge on any atom is 0.404 e. The number of isothiocyanates is 1. The lowest BCUT2D eigenvalue weighted by atomic mass is 10.2. The molecule has 4 nitrogen and oxygen atoms in total. The van der Waals surface area contributed by atoms with Crippen LogP contribution >= 0.6 is 35.4 Å². The second-order valence-corrected chi connectivity index (χ2v) is 3.79. The van der Waals surface area contributed by atoms with E-state index in [1.165, 1.54) is 0 Å². The monoisotopic (exact) mass is 294 g/mol. The number of thiocarbonyl (C=S) groups is 1. The Balaban J connectivity index is 3.23. The first-order valence-corrected chi connectivity index (χ1v) is 5.34. The number of carbonyl (C=O) groups is 1. The number of aliphatic imine (C=N–C) groups is 1. The van der Waals surface area contributed by atoms with Crippen LogP contribution in [0.5, 0.6) is 0 Å². The van der Waals surface area contributed by atoms with Crippen LogP contribution in [0.4, 0.5) is 14.9 Å². The highest BCUT2D eigenvalue weighted by Crippen LogP contribution is 2.37. The summed E-state index contributed by atoms with van der Waals surface area (Å²) in [7, 11) is 0. The van der Waals surface area contributed by atoms with E-state index >= 15 is 0 Å². The molecule has 2 N–H and O–H groups in total. The van der Waals surface area contributed by atoms with Crippen molar-refractivity contribution in [3.63, 3.8) is 0 Å². The van der Waals surface area contributed by atoms with Crippen LogP contribution in [0.25, 0.3) is 0 Å². The van der Waals surface area contributed by atoms with Crippen molar-refractivity contribution in [2.24, 2.45) is 4.99 Å². The van der Waals surface area contributed by atoms with E-state index in [0.717, 1.165) is 6.07 Å². The number of nitrogens with zero attached hydrogens (tertiary/aromatic N) is 1. The fourth-order valence-corrected chi connectivity index (χ4v) is 1.67. The molecule has 0 saturated heterocycles. The summed E-state index contributed by atoms with van der Waals surface area (Å²) in [5.41, 5.74) is 0.144. The van der Waals surface area contributed by atoms with Crippen molar-refractivity contribution in [1.82, 2.24) is 5.32 Å². The quantitative estimate of drug-likeness (QED) is 0.508. The third-order valence-corrected chi connectivity index (χ3v) is 2.67. The lowest BCUT2D eigenvalue weighted by molar-refractivity contribution is 0.194. The standard InChI is InChI=1S/C9H5Cl2FN2O2S/c10-6-4(2-13-9(15)16)1-5(12)7(11)8(6)14-3-17/h1,13H,2H2,(H,15,16). The van der Waals surface area contributed by atoms with Crippen molar-refractivity contribution in [1.29, 1.82) is 0 Å². The Morgan fingerprint density at radius 3 is 2.76 bits per heavy atom. The van der Waals surface area contributed by atoms with Crippen LogP contribution in [0.15, 0.2) is 11.1 Å². The highest BCUT2D eigenvalue weighted by molar-refractivity contribution is 7.78. The lowest BCUT2D eigenvalue weighted by Gasteiger charge is -2.08.